The first-order valence-corrected chi connectivity index (χ1v) is 9.65. The number of guanidine groups is 1. The second-order valence-electron chi connectivity index (χ2n) is 6.34. The van der Waals surface area contributed by atoms with Gasteiger partial charge in [0, 0.05) is 37.1 Å². The van der Waals surface area contributed by atoms with Crippen LogP contribution in [0.3, 0.4) is 0 Å². The molecule has 1 amide bonds. The molecule has 138 valence electrons. The highest BCUT2D eigenvalue weighted by Gasteiger charge is 2.21. The zero-order valence-electron chi connectivity index (χ0n) is 15.5. The van der Waals surface area contributed by atoms with Gasteiger partial charge in [-0.25, -0.2) is 4.98 Å². The quantitative estimate of drug-likeness (QED) is 0.626. The number of nitrogens with one attached hydrogen (secondary N) is 2. The van der Waals surface area contributed by atoms with Crippen LogP contribution in [0.2, 0.25) is 0 Å². The minimum atomic E-state index is 0.217. The Hall–Kier alpha value is -2.41. The van der Waals surface area contributed by atoms with Gasteiger partial charge in [0.05, 0.1) is 17.2 Å². The van der Waals surface area contributed by atoms with Crippen LogP contribution in [0, 0.1) is 13.8 Å². The summed E-state index contributed by atoms with van der Waals surface area (Å²) < 4.78 is 0. The van der Waals surface area contributed by atoms with Crippen LogP contribution in [0.1, 0.15) is 34.0 Å². The molecule has 2 heterocycles. The van der Waals surface area contributed by atoms with E-state index in [9.17, 15) is 4.79 Å². The summed E-state index contributed by atoms with van der Waals surface area (Å²) >= 11 is 1.71. The topological polar surface area (TPSA) is 69.6 Å². The normalized spacial score (nSPS) is 14.8. The van der Waals surface area contributed by atoms with Crippen LogP contribution in [0.15, 0.2) is 29.3 Å². The van der Waals surface area contributed by atoms with E-state index in [2.05, 4.69) is 32.7 Å². The lowest BCUT2D eigenvalue weighted by Crippen LogP contribution is -2.36. The zero-order chi connectivity index (χ0) is 18.5. The van der Waals surface area contributed by atoms with E-state index in [1.54, 1.807) is 18.4 Å². The molecular formula is C19H25N5OS. The van der Waals surface area contributed by atoms with Crippen LogP contribution in [0.25, 0.3) is 0 Å². The molecule has 0 radical (unpaired) electrons. The molecule has 2 aromatic rings. The molecular weight excluding hydrogens is 346 g/mol. The van der Waals surface area contributed by atoms with Crippen molar-refractivity contribution in [3.63, 3.8) is 0 Å². The standard InChI is InChI=1S/C19H25N5OS/c1-13-17(26-14(2)23-13)12-22-19(20-3)21-11-15-6-8-16(9-7-15)24-10-4-5-18(24)25/h6-9H,4-5,10-12H2,1-3H3,(H2,20,21,22). The molecule has 2 N–H and O–H groups in total. The number of amides is 1. The van der Waals surface area contributed by atoms with E-state index in [4.69, 9.17) is 0 Å². The first kappa shape index (κ1) is 18.4. The number of rotatable bonds is 5. The number of nitrogens with zero attached hydrogens (tertiary/aromatic N) is 3. The van der Waals surface area contributed by atoms with Crippen molar-refractivity contribution in [2.75, 3.05) is 18.5 Å². The molecule has 6 nitrogen and oxygen atoms in total. The van der Waals surface area contributed by atoms with Crippen LogP contribution in [0.5, 0.6) is 0 Å². The SMILES string of the molecule is CN=C(NCc1ccc(N2CCCC2=O)cc1)NCc1sc(C)nc1C. The molecule has 1 aromatic heterocycles. The lowest BCUT2D eigenvalue weighted by molar-refractivity contribution is -0.117. The summed E-state index contributed by atoms with van der Waals surface area (Å²) in [6.45, 7) is 6.27. The van der Waals surface area contributed by atoms with Crippen molar-refractivity contribution >= 4 is 28.9 Å². The minimum absolute atomic E-state index is 0.217. The Bertz CT molecular complexity index is 797. The lowest BCUT2D eigenvalue weighted by atomic mass is 10.2. The highest BCUT2D eigenvalue weighted by Crippen LogP contribution is 2.21. The predicted octanol–water partition coefficient (Wildman–Crippen LogP) is 2.75. The van der Waals surface area contributed by atoms with Gasteiger partial charge in [0.25, 0.3) is 0 Å². The van der Waals surface area contributed by atoms with Gasteiger partial charge in [-0.05, 0) is 38.0 Å². The van der Waals surface area contributed by atoms with Crippen molar-refractivity contribution in [2.45, 2.75) is 39.8 Å². The highest BCUT2D eigenvalue weighted by molar-refractivity contribution is 7.11. The van der Waals surface area contributed by atoms with Gasteiger partial charge in [0.15, 0.2) is 5.96 Å². The van der Waals surface area contributed by atoms with E-state index < -0.39 is 0 Å². The number of benzene rings is 1. The van der Waals surface area contributed by atoms with Crippen LogP contribution < -0.4 is 15.5 Å². The Kier molecular flexibility index (Phi) is 5.88. The van der Waals surface area contributed by atoms with Crippen molar-refractivity contribution in [1.29, 1.82) is 0 Å². The molecule has 3 rings (SSSR count). The van der Waals surface area contributed by atoms with Crippen molar-refractivity contribution in [1.82, 2.24) is 15.6 Å². The summed E-state index contributed by atoms with van der Waals surface area (Å²) in [5.74, 6) is 0.975. The molecule has 1 aliphatic heterocycles. The van der Waals surface area contributed by atoms with E-state index in [1.807, 2.05) is 30.9 Å². The monoisotopic (exact) mass is 371 g/mol. The number of anilines is 1. The van der Waals surface area contributed by atoms with Crippen LogP contribution in [0.4, 0.5) is 5.69 Å². The summed E-state index contributed by atoms with van der Waals surface area (Å²) in [6, 6.07) is 8.13. The average Bonchev–Trinajstić information content (AvgIpc) is 3.20. The third-order valence-corrected chi connectivity index (χ3v) is 5.49. The van der Waals surface area contributed by atoms with Gasteiger partial charge in [0.2, 0.25) is 5.91 Å². The molecule has 1 saturated heterocycles. The number of carbonyl (C=O) groups is 1. The number of aromatic nitrogens is 1. The van der Waals surface area contributed by atoms with E-state index in [1.165, 1.54) is 4.88 Å². The molecule has 1 aliphatic rings. The molecule has 26 heavy (non-hydrogen) atoms. The van der Waals surface area contributed by atoms with Gasteiger partial charge < -0.3 is 15.5 Å². The van der Waals surface area contributed by atoms with Crippen molar-refractivity contribution in [3.05, 3.63) is 45.4 Å². The summed E-state index contributed by atoms with van der Waals surface area (Å²) in [7, 11) is 1.77. The summed E-state index contributed by atoms with van der Waals surface area (Å²) in [5.41, 5.74) is 3.20. The Morgan fingerprint density at radius 2 is 1.96 bits per heavy atom. The highest BCUT2D eigenvalue weighted by atomic mass is 32.1. The predicted molar refractivity (Wildman–Crippen MR) is 107 cm³/mol. The van der Waals surface area contributed by atoms with Crippen LogP contribution in [-0.4, -0.2) is 30.4 Å². The summed E-state index contributed by atoms with van der Waals surface area (Å²) in [5, 5.41) is 7.73. The van der Waals surface area contributed by atoms with Gasteiger partial charge >= 0.3 is 0 Å². The molecule has 0 saturated carbocycles. The van der Waals surface area contributed by atoms with E-state index >= 15 is 0 Å². The number of aryl methyl sites for hydroxylation is 2. The minimum Gasteiger partial charge on any atom is -0.352 e. The summed E-state index contributed by atoms with van der Waals surface area (Å²) in [4.78, 5) is 23.6. The Morgan fingerprint density at radius 3 is 2.54 bits per heavy atom. The van der Waals surface area contributed by atoms with Gasteiger partial charge in [-0.15, -0.1) is 11.3 Å². The third-order valence-electron chi connectivity index (χ3n) is 4.42. The zero-order valence-corrected chi connectivity index (χ0v) is 16.3. The maximum atomic E-state index is 11.8. The van der Waals surface area contributed by atoms with E-state index in [0.717, 1.165) is 40.9 Å². The lowest BCUT2D eigenvalue weighted by Gasteiger charge is -2.16. The van der Waals surface area contributed by atoms with E-state index in [0.29, 0.717) is 19.5 Å². The molecule has 0 bridgehead atoms. The Labute approximate surface area is 158 Å². The maximum absolute atomic E-state index is 11.8. The van der Waals surface area contributed by atoms with Crippen LogP contribution in [-0.2, 0) is 17.9 Å². The smallest absolute Gasteiger partial charge is 0.227 e. The van der Waals surface area contributed by atoms with Gasteiger partial charge in [-0.2, -0.15) is 0 Å². The van der Waals surface area contributed by atoms with Crippen molar-refractivity contribution in [2.24, 2.45) is 4.99 Å². The second kappa shape index (κ2) is 8.31. The molecule has 0 unspecified atom stereocenters. The molecule has 0 atom stereocenters. The first-order valence-electron chi connectivity index (χ1n) is 8.83. The fourth-order valence-corrected chi connectivity index (χ4v) is 3.90. The van der Waals surface area contributed by atoms with E-state index in [-0.39, 0.29) is 5.91 Å². The average molecular weight is 372 g/mol. The number of hydrogen-bond donors (Lipinski definition) is 2. The number of aliphatic imine (C=N–C) groups is 1. The van der Waals surface area contributed by atoms with Gasteiger partial charge in [-0.1, -0.05) is 12.1 Å². The molecule has 1 fully saturated rings. The molecule has 0 spiro atoms. The third kappa shape index (κ3) is 4.40. The summed E-state index contributed by atoms with van der Waals surface area (Å²) in [6.07, 6.45) is 1.60. The first-order chi connectivity index (χ1) is 12.6. The molecule has 1 aromatic carbocycles. The van der Waals surface area contributed by atoms with Gasteiger partial charge in [0.1, 0.15) is 0 Å². The number of carbonyl (C=O) groups excluding carboxylic acids is 1. The number of thiazole rings is 1. The Morgan fingerprint density at radius 1 is 1.23 bits per heavy atom. The number of hydrogen-bond acceptors (Lipinski definition) is 4. The largest absolute Gasteiger partial charge is 0.352 e. The molecule has 0 aliphatic carbocycles. The molecule has 7 heteroatoms. The van der Waals surface area contributed by atoms with Crippen LogP contribution >= 0.6 is 11.3 Å². The maximum Gasteiger partial charge on any atom is 0.227 e. The van der Waals surface area contributed by atoms with Crippen molar-refractivity contribution < 1.29 is 4.79 Å². The fourth-order valence-electron chi connectivity index (χ4n) is 3.02. The van der Waals surface area contributed by atoms with Crippen molar-refractivity contribution in [3.8, 4) is 0 Å². The van der Waals surface area contributed by atoms with Gasteiger partial charge in [-0.3, -0.25) is 9.79 Å². The second-order valence-corrected chi connectivity index (χ2v) is 7.62. The fraction of sp³-hybridized carbons (Fsp3) is 0.421. The Balaban J connectivity index is 1.52.